The molecule has 0 spiro atoms. The molecule has 1 aromatic heterocycles. The average molecular weight is 220 g/mol. The molecule has 2 N–H and O–H groups in total. The van der Waals surface area contributed by atoms with Gasteiger partial charge in [-0.05, 0) is 33.1 Å². The van der Waals surface area contributed by atoms with Crippen LogP contribution >= 0.6 is 0 Å². The molecule has 2 rings (SSSR count). The second-order valence-corrected chi connectivity index (χ2v) is 4.50. The summed E-state index contributed by atoms with van der Waals surface area (Å²) < 4.78 is 0. The average Bonchev–Trinajstić information content (AvgIpc) is 2.32. The van der Waals surface area contributed by atoms with Gasteiger partial charge in [-0.15, -0.1) is 0 Å². The van der Waals surface area contributed by atoms with Crippen LogP contribution in [0.5, 0.6) is 0 Å². The summed E-state index contributed by atoms with van der Waals surface area (Å²) in [4.78, 5) is 11.3. The molecule has 2 heterocycles. The molecule has 88 valence electrons. The van der Waals surface area contributed by atoms with Gasteiger partial charge < -0.3 is 10.6 Å². The highest BCUT2D eigenvalue weighted by atomic mass is 15.2. The number of anilines is 1. The van der Waals surface area contributed by atoms with E-state index in [-0.39, 0.29) is 0 Å². The van der Waals surface area contributed by atoms with E-state index < -0.39 is 0 Å². The van der Waals surface area contributed by atoms with E-state index in [2.05, 4.69) is 14.9 Å². The molecule has 0 radical (unpaired) electrons. The van der Waals surface area contributed by atoms with Crippen LogP contribution in [-0.4, -0.2) is 29.1 Å². The molecule has 0 aliphatic carbocycles. The maximum Gasteiger partial charge on any atom is 0.150 e. The minimum atomic E-state index is 0.434. The molecule has 0 amide bonds. The summed E-state index contributed by atoms with van der Waals surface area (Å²) in [5, 5.41) is 0. The molecule has 0 saturated carbocycles. The standard InChI is InChI=1S/C12H20N4/c1-9-8-14-10(2)12(15-9)16-6-4-3-5-11(16)7-13/h8,11H,3-7,13H2,1-2H3. The van der Waals surface area contributed by atoms with E-state index >= 15 is 0 Å². The zero-order valence-corrected chi connectivity index (χ0v) is 10.1. The predicted molar refractivity (Wildman–Crippen MR) is 65.5 cm³/mol. The first-order valence-electron chi connectivity index (χ1n) is 5.99. The number of nitrogens with zero attached hydrogens (tertiary/aromatic N) is 3. The van der Waals surface area contributed by atoms with E-state index in [4.69, 9.17) is 5.73 Å². The lowest BCUT2D eigenvalue weighted by molar-refractivity contribution is 0.460. The lowest BCUT2D eigenvalue weighted by atomic mass is 10.0. The maximum atomic E-state index is 5.83. The molecule has 1 atom stereocenters. The zero-order chi connectivity index (χ0) is 11.5. The van der Waals surface area contributed by atoms with Crippen LogP contribution in [0.3, 0.4) is 0 Å². The van der Waals surface area contributed by atoms with Crippen LogP contribution in [0.4, 0.5) is 5.82 Å². The van der Waals surface area contributed by atoms with Crippen LogP contribution in [0.2, 0.25) is 0 Å². The Bertz CT molecular complexity index is 364. The van der Waals surface area contributed by atoms with E-state index in [1.807, 2.05) is 20.0 Å². The van der Waals surface area contributed by atoms with Crippen molar-refractivity contribution in [3.63, 3.8) is 0 Å². The van der Waals surface area contributed by atoms with Crippen molar-refractivity contribution < 1.29 is 0 Å². The van der Waals surface area contributed by atoms with E-state index in [1.54, 1.807) is 0 Å². The van der Waals surface area contributed by atoms with E-state index in [0.29, 0.717) is 12.6 Å². The molecule has 0 bridgehead atoms. The second kappa shape index (κ2) is 4.78. The maximum absolute atomic E-state index is 5.83. The minimum absolute atomic E-state index is 0.434. The first-order chi connectivity index (χ1) is 7.72. The highest BCUT2D eigenvalue weighted by molar-refractivity contribution is 5.45. The third-order valence-corrected chi connectivity index (χ3v) is 3.22. The molecule has 16 heavy (non-hydrogen) atoms. The molecular weight excluding hydrogens is 200 g/mol. The molecular formula is C12H20N4. The smallest absolute Gasteiger partial charge is 0.150 e. The first-order valence-corrected chi connectivity index (χ1v) is 5.99. The first kappa shape index (κ1) is 11.3. The Balaban J connectivity index is 2.30. The van der Waals surface area contributed by atoms with E-state index in [9.17, 15) is 0 Å². The number of hydrogen-bond acceptors (Lipinski definition) is 4. The van der Waals surface area contributed by atoms with E-state index in [0.717, 1.165) is 23.8 Å². The van der Waals surface area contributed by atoms with Gasteiger partial charge in [0.2, 0.25) is 0 Å². The van der Waals surface area contributed by atoms with Gasteiger partial charge in [-0.25, -0.2) is 4.98 Å². The molecule has 0 aromatic carbocycles. The van der Waals surface area contributed by atoms with E-state index in [1.165, 1.54) is 19.3 Å². The second-order valence-electron chi connectivity index (χ2n) is 4.50. The topological polar surface area (TPSA) is 55.0 Å². The van der Waals surface area contributed by atoms with Crippen LogP contribution in [-0.2, 0) is 0 Å². The predicted octanol–water partition coefficient (Wildman–Crippen LogP) is 1.41. The number of hydrogen-bond donors (Lipinski definition) is 1. The molecule has 4 nitrogen and oxygen atoms in total. The van der Waals surface area contributed by atoms with Gasteiger partial charge in [-0.3, -0.25) is 4.98 Å². The van der Waals surface area contributed by atoms with Crippen LogP contribution in [0, 0.1) is 13.8 Å². The van der Waals surface area contributed by atoms with Crippen LogP contribution in [0.25, 0.3) is 0 Å². The van der Waals surface area contributed by atoms with Gasteiger partial charge in [-0.2, -0.15) is 0 Å². The van der Waals surface area contributed by atoms with Gasteiger partial charge in [0, 0.05) is 25.3 Å². The molecule has 1 fully saturated rings. The van der Waals surface area contributed by atoms with Gasteiger partial charge in [-0.1, -0.05) is 0 Å². The van der Waals surface area contributed by atoms with Crippen LogP contribution in [0.1, 0.15) is 30.7 Å². The number of aryl methyl sites for hydroxylation is 2. The summed E-state index contributed by atoms with van der Waals surface area (Å²) >= 11 is 0. The summed E-state index contributed by atoms with van der Waals surface area (Å²) in [7, 11) is 0. The zero-order valence-electron chi connectivity index (χ0n) is 10.1. The van der Waals surface area contributed by atoms with Crippen molar-refractivity contribution >= 4 is 5.82 Å². The molecule has 1 aromatic rings. The Morgan fingerprint density at radius 2 is 2.25 bits per heavy atom. The molecule has 1 aliphatic rings. The fourth-order valence-electron chi connectivity index (χ4n) is 2.32. The number of piperidine rings is 1. The summed E-state index contributed by atoms with van der Waals surface area (Å²) in [5.41, 5.74) is 7.81. The van der Waals surface area contributed by atoms with Crippen molar-refractivity contribution in [2.24, 2.45) is 5.73 Å². The Kier molecular flexibility index (Phi) is 3.39. The lowest BCUT2D eigenvalue weighted by Gasteiger charge is -2.36. The lowest BCUT2D eigenvalue weighted by Crippen LogP contribution is -2.45. The highest BCUT2D eigenvalue weighted by Crippen LogP contribution is 2.24. The quantitative estimate of drug-likeness (QED) is 0.818. The summed E-state index contributed by atoms with van der Waals surface area (Å²) in [6, 6.07) is 0.434. The van der Waals surface area contributed by atoms with Gasteiger partial charge in [0.1, 0.15) is 0 Å². The minimum Gasteiger partial charge on any atom is -0.351 e. The molecule has 1 saturated heterocycles. The van der Waals surface area contributed by atoms with Crippen molar-refractivity contribution in [2.75, 3.05) is 18.0 Å². The van der Waals surface area contributed by atoms with Crippen LogP contribution < -0.4 is 10.6 Å². The highest BCUT2D eigenvalue weighted by Gasteiger charge is 2.23. The number of nitrogens with two attached hydrogens (primary N) is 1. The Morgan fingerprint density at radius 3 is 3.00 bits per heavy atom. The third-order valence-electron chi connectivity index (χ3n) is 3.22. The Morgan fingerprint density at radius 1 is 1.44 bits per heavy atom. The Hall–Kier alpha value is -1.16. The summed E-state index contributed by atoms with van der Waals surface area (Å²) in [6.07, 6.45) is 5.49. The molecule has 1 aliphatic heterocycles. The van der Waals surface area contributed by atoms with Crippen LogP contribution in [0.15, 0.2) is 6.20 Å². The normalized spacial score (nSPS) is 21.2. The SMILES string of the molecule is Cc1cnc(C)c(N2CCCCC2CN)n1. The van der Waals surface area contributed by atoms with Crippen molar-refractivity contribution in [2.45, 2.75) is 39.2 Å². The van der Waals surface area contributed by atoms with Crippen molar-refractivity contribution in [1.29, 1.82) is 0 Å². The fourth-order valence-corrected chi connectivity index (χ4v) is 2.32. The van der Waals surface area contributed by atoms with Crippen molar-refractivity contribution in [3.05, 3.63) is 17.6 Å². The largest absolute Gasteiger partial charge is 0.351 e. The molecule has 4 heteroatoms. The molecule has 1 unspecified atom stereocenters. The fraction of sp³-hybridized carbons (Fsp3) is 0.667. The summed E-state index contributed by atoms with van der Waals surface area (Å²) in [6.45, 7) is 5.76. The van der Waals surface area contributed by atoms with Gasteiger partial charge in [0.05, 0.1) is 11.4 Å². The van der Waals surface area contributed by atoms with Crippen molar-refractivity contribution in [3.8, 4) is 0 Å². The summed E-state index contributed by atoms with van der Waals surface area (Å²) in [5.74, 6) is 1.02. The van der Waals surface area contributed by atoms with Gasteiger partial charge in [0.25, 0.3) is 0 Å². The monoisotopic (exact) mass is 220 g/mol. The number of rotatable bonds is 2. The van der Waals surface area contributed by atoms with Gasteiger partial charge in [0.15, 0.2) is 5.82 Å². The van der Waals surface area contributed by atoms with Gasteiger partial charge >= 0.3 is 0 Å². The number of aromatic nitrogens is 2. The third kappa shape index (κ3) is 2.16. The Labute approximate surface area is 96.9 Å². The van der Waals surface area contributed by atoms with Crippen molar-refractivity contribution in [1.82, 2.24) is 9.97 Å².